The zero-order chi connectivity index (χ0) is 13.1. The first kappa shape index (κ1) is 13.2. The topological polar surface area (TPSA) is 62.3 Å². The molecule has 0 saturated carbocycles. The van der Waals surface area contributed by atoms with Gasteiger partial charge in [-0.15, -0.1) is 0 Å². The fourth-order valence-electron chi connectivity index (χ4n) is 2.23. The maximum Gasteiger partial charge on any atom is 0.126 e. The molecule has 1 atom stereocenters. The molecule has 0 amide bonds. The monoisotopic (exact) mass is 267 g/mol. The number of rotatable bonds is 3. The summed E-state index contributed by atoms with van der Waals surface area (Å²) in [7, 11) is 0. The van der Waals surface area contributed by atoms with Crippen LogP contribution in [0.1, 0.15) is 18.9 Å². The van der Waals surface area contributed by atoms with Crippen molar-refractivity contribution in [2.75, 3.05) is 24.6 Å². The standard InChI is InChI=1S/C13H18ClN3O/c1-2-9-8-17(6-7-18-9)11-5-3-4-10(14)12(11)13(15)16/h3-5,9H,2,6-8H2,1H3,(H3,15,16). The van der Waals surface area contributed by atoms with Gasteiger partial charge in [0.05, 0.1) is 23.3 Å². The Bertz CT molecular complexity index is 450. The van der Waals surface area contributed by atoms with Crippen molar-refractivity contribution in [3.63, 3.8) is 0 Å². The molecule has 3 N–H and O–H groups in total. The van der Waals surface area contributed by atoms with Crippen LogP contribution in [0.15, 0.2) is 18.2 Å². The number of ether oxygens (including phenoxy) is 1. The van der Waals surface area contributed by atoms with Crippen molar-refractivity contribution in [2.45, 2.75) is 19.4 Å². The lowest BCUT2D eigenvalue weighted by Gasteiger charge is -2.35. The highest BCUT2D eigenvalue weighted by Crippen LogP contribution is 2.28. The maximum absolute atomic E-state index is 7.67. The molecule has 1 heterocycles. The van der Waals surface area contributed by atoms with E-state index in [1.165, 1.54) is 0 Å². The van der Waals surface area contributed by atoms with Crippen molar-refractivity contribution in [1.82, 2.24) is 0 Å². The van der Waals surface area contributed by atoms with Crippen LogP contribution in [0.3, 0.4) is 0 Å². The van der Waals surface area contributed by atoms with Crippen LogP contribution in [0.4, 0.5) is 5.69 Å². The third-order valence-corrected chi connectivity index (χ3v) is 3.51. The molecular formula is C13H18ClN3O. The molecule has 0 bridgehead atoms. The second-order valence-corrected chi connectivity index (χ2v) is 4.80. The summed E-state index contributed by atoms with van der Waals surface area (Å²) >= 11 is 6.14. The Morgan fingerprint density at radius 2 is 2.39 bits per heavy atom. The molecule has 1 aromatic carbocycles. The Morgan fingerprint density at radius 1 is 1.61 bits per heavy atom. The van der Waals surface area contributed by atoms with Gasteiger partial charge in [-0.25, -0.2) is 0 Å². The van der Waals surface area contributed by atoms with Crippen LogP contribution in [0.25, 0.3) is 0 Å². The summed E-state index contributed by atoms with van der Waals surface area (Å²) in [4.78, 5) is 2.19. The van der Waals surface area contributed by atoms with E-state index in [9.17, 15) is 0 Å². The van der Waals surface area contributed by atoms with E-state index in [2.05, 4.69) is 11.8 Å². The van der Waals surface area contributed by atoms with Crippen molar-refractivity contribution in [1.29, 1.82) is 5.41 Å². The van der Waals surface area contributed by atoms with E-state index in [1.54, 1.807) is 6.07 Å². The van der Waals surface area contributed by atoms with Gasteiger partial charge in [0.2, 0.25) is 0 Å². The number of nitrogens with one attached hydrogen (secondary N) is 1. The van der Waals surface area contributed by atoms with E-state index in [-0.39, 0.29) is 11.9 Å². The summed E-state index contributed by atoms with van der Waals surface area (Å²) in [5.41, 5.74) is 7.18. The number of benzene rings is 1. The summed E-state index contributed by atoms with van der Waals surface area (Å²) in [6.45, 7) is 4.43. The quantitative estimate of drug-likeness (QED) is 0.652. The smallest absolute Gasteiger partial charge is 0.126 e. The third-order valence-electron chi connectivity index (χ3n) is 3.20. The van der Waals surface area contributed by atoms with Gasteiger partial charge in [0.1, 0.15) is 5.84 Å². The van der Waals surface area contributed by atoms with Gasteiger partial charge in [-0.05, 0) is 18.6 Å². The molecule has 1 aromatic rings. The average Bonchev–Trinajstić information content (AvgIpc) is 2.38. The fourth-order valence-corrected chi connectivity index (χ4v) is 2.50. The first-order valence-electron chi connectivity index (χ1n) is 6.13. The van der Waals surface area contributed by atoms with Crippen molar-refractivity contribution in [3.8, 4) is 0 Å². The third kappa shape index (κ3) is 2.60. The normalized spacial score (nSPS) is 19.9. The zero-order valence-corrected chi connectivity index (χ0v) is 11.2. The SMILES string of the molecule is CCC1CN(c2cccc(Cl)c2C(=N)N)CCO1. The minimum Gasteiger partial charge on any atom is -0.384 e. The highest BCUT2D eigenvalue weighted by molar-refractivity contribution is 6.34. The predicted molar refractivity (Wildman–Crippen MR) is 74.7 cm³/mol. The molecule has 1 unspecified atom stereocenters. The Morgan fingerprint density at radius 3 is 3.06 bits per heavy atom. The minimum atomic E-state index is 0.00939. The fraction of sp³-hybridized carbons (Fsp3) is 0.462. The molecule has 0 radical (unpaired) electrons. The van der Waals surface area contributed by atoms with Gasteiger partial charge in [-0.2, -0.15) is 0 Å². The van der Waals surface area contributed by atoms with E-state index in [1.807, 2.05) is 12.1 Å². The van der Waals surface area contributed by atoms with Gasteiger partial charge in [0.15, 0.2) is 0 Å². The Kier molecular flexibility index (Phi) is 4.09. The van der Waals surface area contributed by atoms with E-state index in [0.29, 0.717) is 17.2 Å². The number of morpholine rings is 1. The first-order chi connectivity index (χ1) is 8.63. The molecule has 4 nitrogen and oxygen atoms in total. The van der Waals surface area contributed by atoms with Crippen LogP contribution in [0.5, 0.6) is 0 Å². The predicted octanol–water partition coefficient (Wildman–Crippen LogP) is 2.24. The molecule has 2 rings (SSSR count). The van der Waals surface area contributed by atoms with Gasteiger partial charge < -0.3 is 15.4 Å². The lowest BCUT2D eigenvalue weighted by atomic mass is 10.1. The minimum absolute atomic E-state index is 0.00939. The van der Waals surface area contributed by atoms with E-state index < -0.39 is 0 Å². The summed E-state index contributed by atoms with van der Waals surface area (Å²) < 4.78 is 5.65. The van der Waals surface area contributed by atoms with Crippen LogP contribution in [-0.4, -0.2) is 31.6 Å². The lowest BCUT2D eigenvalue weighted by Crippen LogP contribution is -2.43. The summed E-state index contributed by atoms with van der Waals surface area (Å²) in [6.07, 6.45) is 1.21. The van der Waals surface area contributed by atoms with E-state index in [0.717, 1.165) is 25.2 Å². The molecule has 1 aliphatic rings. The molecular weight excluding hydrogens is 250 g/mol. The molecule has 0 spiro atoms. The van der Waals surface area contributed by atoms with Gasteiger partial charge in [-0.3, -0.25) is 5.41 Å². The second kappa shape index (κ2) is 5.59. The number of hydrogen-bond acceptors (Lipinski definition) is 3. The van der Waals surface area contributed by atoms with Gasteiger partial charge in [0.25, 0.3) is 0 Å². The van der Waals surface area contributed by atoms with Crippen LogP contribution >= 0.6 is 11.6 Å². The molecule has 18 heavy (non-hydrogen) atoms. The number of nitrogen functional groups attached to an aromatic ring is 1. The Balaban J connectivity index is 2.32. The van der Waals surface area contributed by atoms with Crippen molar-refractivity contribution >= 4 is 23.1 Å². The van der Waals surface area contributed by atoms with Gasteiger partial charge >= 0.3 is 0 Å². The van der Waals surface area contributed by atoms with Crippen LogP contribution in [-0.2, 0) is 4.74 Å². The molecule has 1 saturated heterocycles. The average molecular weight is 268 g/mol. The van der Waals surface area contributed by atoms with E-state index in [4.69, 9.17) is 27.5 Å². The summed E-state index contributed by atoms with van der Waals surface area (Å²) in [5, 5.41) is 8.19. The molecule has 1 aliphatic heterocycles. The highest BCUT2D eigenvalue weighted by Gasteiger charge is 2.22. The number of nitrogens with two attached hydrogens (primary N) is 1. The number of hydrogen-bond donors (Lipinski definition) is 2. The molecule has 5 heteroatoms. The van der Waals surface area contributed by atoms with E-state index >= 15 is 0 Å². The number of anilines is 1. The summed E-state index contributed by atoms with van der Waals surface area (Å²) in [5.74, 6) is 0.00939. The number of nitrogens with zero attached hydrogens (tertiary/aromatic N) is 1. The van der Waals surface area contributed by atoms with Gasteiger partial charge in [0, 0.05) is 18.8 Å². The molecule has 98 valence electrons. The largest absolute Gasteiger partial charge is 0.384 e. The van der Waals surface area contributed by atoms with Crippen LogP contribution < -0.4 is 10.6 Å². The number of halogens is 1. The lowest BCUT2D eigenvalue weighted by molar-refractivity contribution is 0.0384. The Hall–Kier alpha value is -1.26. The molecule has 0 aliphatic carbocycles. The van der Waals surface area contributed by atoms with Crippen LogP contribution in [0.2, 0.25) is 5.02 Å². The number of amidine groups is 1. The van der Waals surface area contributed by atoms with Crippen molar-refractivity contribution < 1.29 is 4.74 Å². The van der Waals surface area contributed by atoms with Gasteiger partial charge in [-0.1, -0.05) is 24.6 Å². The molecule has 1 fully saturated rings. The maximum atomic E-state index is 7.67. The zero-order valence-electron chi connectivity index (χ0n) is 10.4. The Labute approximate surface area is 112 Å². The van der Waals surface area contributed by atoms with Crippen molar-refractivity contribution in [2.24, 2.45) is 5.73 Å². The second-order valence-electron chi connectivity index (χ2n) is 4.39. The molecule has 0 aromatic heterocycles. The highest BCUT2D eigenvalue weighted by atomic mass is 35.5. The first-order valence-corrected chi connectivity index (χ1v) is 6.50. The van der Waals surface area contributed by atoms with Crippen LogP contribution in [0, 0.1) is 5.41 Å². The summed E-state index contributed by atoms with van der Waals surface area (Å²) in [6, 6.07) is 5.61. The van der Waals surface area contributed by atoms with Crippen molar-refractivity contribution in [3.05, 3.63) is 28.8 Å².